The van der Waals surface area contributed by atoms with Gasteiger partial charge in [-0.15, -0.1) is 0 Å². The highest BCUT2D eigenvalue weighted by molar-refractivity contribution is 5.58. The van der Waals surface area contributed by atoms with Gasteiger partial charge in [-0.2, -0.15) is 0 Å². The minimum absolute atomic E-state index is 0.749. The van der Waals surface area contributed by atoms with Crippen LogP contribution in [0.15, 0.2) is 18.2 Å². The van der Waals surface area contributed by atoms with Crippen molar-refractivity contribution in [3.05, 3.63) is 29.6 Å². The lowest BCUT2D eigenvalue weighted by Crippen LogP contribution is -2.22. The van der Waals surface area contributed by atoms with Crippen molar-refractivity contribution in [2.75, 3.05) is 18.0 Å². The molecule has 0 radical (unpaired) electrons. The summed E-state index contributed by atoms with van der Waals surface area (Å²) in [6, 6.07) is 6.29. The molecule has 0 amide bonds. The Labute approximate surface area is 94.7 Å². The van der Waals surface area contributed by atoms with Gasteiger partial charge >= 0.3 is 0 Å². The first kappa shape index (κ1) is 9.66. The molecule has 1 aliphatic rings. The molecule has 0 fully saturated rings. The minimum Gasteiger partial charge on any atom is -0.352 e. The topological polar surface area (TPSA) is 46.6 Å². The summed E-state index contributed by atoms with van der Waals surface area (Å²) < 4.78 is 2.26. The standard InChI is InChI=1S/C12H16N4/c1-9-10-8-15(7-3-6-13)12-5-2-4-11(14-9)16(10)12/h2,4-5H,3,6-8,13H2,1H3. The highest BCUT2D eigenvalue weighted by Crippen LogP contribution is 2.29. The molecule has 2 N–H and O–H groups in total. The van der Waals surface area contributed by atoms with Gasteiger partial charge in [0.2, 0.25) is 0 Å². The number of rotatable bonds is 3. The summed E-state index contributed by atoms with van der Waals surface area (Å²) in [7, 11) is 0. The second-order valence-electron chi connectivity index (χ2n) is 4.29. The van der Waals surface area contributed by atoms with Crippen molar-refractivity contribution in [1.82, 2.24) is 9.38 Å². The van der Waals surface area contributed by atoms with Crippen molar-refractivity contribution in [2.45, 2.75) is 19.9 Å². The van der Waals surface area contributed by atoms with E-state index in [4.69, 9.17) is 5.73 Å². The fourth-order valence-electron chi connectivity index (χ4n) is 2.42. The Morgan fingerprint density at radius 3 is 3.12 bits per heavy atom. The van der Waals surface area contributed by atoms with E-state index in [1.54, 1.807) is 0 Å². The molecule has 0 aliphatic carbocycles. The van der Waals surface area contributed by atoms with Crippen LogP contribution in [0, 0.1) is 6.92 Å². The smallest absolute Gasteiger partial charge is 0.138 e. The van der Waals surface area contributed by atoms with Gasteiger partial charge in [0, 0.05) is 6.54 Å². The van der Waals surface area contributed by atoms with Crippen LogP contribution in [-0.2, 0) is 6.54 Å². The molecule has 1 aliphatic heterocycles. The molecular formula is C12H16N4. The van der Waals surface area contributed by atoms with Crippen molar-refractivity contribution < 1.29 is 0 Å². The zero-order valence-corrected chi connectivity index (χ0v) is 9.48. The van der Waals surface area contributed by atoms with E-state index in [0.717, 1.165) is 37.4 Å². The molecule has 4 nitrogen and oxygen atoms in total. The summed E-state index contributed by atoms with van der Waals surface area (Å²) in [5, 5.41) is 0. The Balaban J connectivity index is 2.07. The molecule has 0 saturated heterocycles. The molecule has 3 rings (SSSR count). The number of aromatic nitrogens is 2. The quantitative estimate of drug-likeness (QED) is 0.841. The van der Waals surface area contributed by atoms with Crippen LogP contribution in [0.1, 0.15) is 17.8 Å². The fraction of sp³-hybridized carbons (Fsp3) is 0.417. The van der Waals surface area contributed by atoms with Crippen molar-refractivity contribution in [2.24, 2.45) is 5.73 Å². The molecule has 16 heavy (non-hydrogen) atoms. The number of anilines is 1. The van der Waals surface area contributed by atoms with E-state index in [0.29, 0.717) is 0 Å². The third-order valence-electron chi connectivity index (χ3n) is 3.22. The Morgan fingerprint density at radius 2 is 2.31 bits per heavy atom. The van der Waals surface area contributed by atoms with E-state index < -0.39 is 0 Å². The van der Waals surface area contributed by atoms with Crippen LogP contribution in [0.4, 0.5) is 5.82 Å². The number of pyridine rings is 1. The van der Waals surface area contributed by atoms with E-state index in [1.165, 1.54) is 11.5 Å². The van der Waals surface area contributed by atoms with Crippen molar-refractivity contribution in [1.29, 1.82) is 0 Å². The van der Waals surface area contributed by atoms with E-state index in [1.807, 2.05) is 0 Å². The van der Waals surface area contributed by atoms with E-state index >= 15 is 0 Å². The summed E-state index contributed by atoms with van der Waals surface area (Å²) in [5.74, 6) is 1.25. The molecule has 3 heterocycles. The van der Waals surface area contributed by atoms with E-state index in [2.05, 4.69) is 39.4 Å². The second kappa shape index (κ2) is 3.49. The second-order valence-corrected chi connectivity index (χ2v) is 4.29. The van der Waals surface area contributed by atoms with E-state index in [9.17, 15) is 0 Å². The summed E-state index contributed by atoms with van der Waals surface area (Å²) in [4.78, 5) is 6.93. The summed E-state index contributed by atoms with van der Waals surface area (Å²) in [6.07, 6.45) is 1.04. The Morgan fingerprint density at radius 1 is 1.44 bits per heavy atom. The number of aryl methyl sites for hydroxylation is 1. The first-order valence-corrected chi connectivity index (χ1v) is 5.73. The number of hydrogen-bond donors (Lipinski definition) is 1. The molecule has 0 bridgehead atoms. The van der Waals surface area contributed by atoms with Crippen LogP contribution < -0.4 is 10.6 Å². The number of nitrogens with zero attached hydrogens (tertiary/aromatic N) is 3. The lowest BCUT2D eigenvalue weighted by atomic mass is 10.3. The lowest BCUT2D eigenvalue weighted by molar-refractivity contribution is 0.748. The van der Waals surface area contributed by atoms with Crippen LogP contribution in [0.25, 0.3) is 5.65 Å². The van der Waals surface area contributed by atoms with Crippen LogP contribution >= 0.6 is 0 Å². The van der Waals surface area contributed by atoms with Gasteiger partial charge in [-0.3, -0.25) is 4.40 Å². The average Bonchev–Trinajstić information content (AvgIpc) is 2.80. The van der Waals surface area contributed by atoms with Gasteiger partial charge in [-0.25, -0.2) is 4.98 Å². The molecule has 0 aromatic carbocycles. The Bertz CT molecular complexity index is 529. The van der Waals surface area contributed by atoms with Gasteiger partial charge in [-0.05, 0) is 32.0 Å². The highest BCUT2D eigenvalue weighted by atomic mass is 15.3. The average molecular weight is 216 g/mol. The van der Waals surface area contributed by atoms with Crippen molar-refractivity contribution >= 4 is 11.5 Å². The third kappa shape index (κ3) is 1.23. The molecule has 84 valence electrons. The first-order chi connectivity index (χ1) is 7.81. The number of nitrogens with two attached hydrogens (primary N) is 1. The number of imidazole rings is 1. The molecule has 0 spiro atoms. The summed E-state index contributed by atoms with van der Waals surface area (Å²) >= 11 is 0. The monoisotopic (exact) mass is 216 g/mol. The molecular weight excluding hydrogens is 200 g/mol. The maximum atomic E-state index is 5.57. The molecule has 0 atom stereocenters. The maximum Gasteiger partial charge on any atom is 0.138 e. The van der Waals surface area contributed by atoms with Gasteiger partial charge in [0.15, 0.2) is 0 Å². The first-order valence-electron chi connectivity index (χ1n) is 5.73. The molecule has 0 saturated carbocycles. The normalized spacial score (nSPS) is 14.0. The van der Waals surface area contributed by atoms with Gasteiger partial charge in [0.05, 0.1) is 17.9 Å². The van der Waals surface area contributed by atoms with Crippen LogP contribution in [0.5, 0.6) is 0 Å². The molecule has 2 aromatic heterocycles. The van der Waals surface area contributed by atoms with Gasteiger partial charge in [0.25, 0.3) is 0 Å². The molecule has 0 unspecified atom stereocenters. The zero-order valence-electron chi connectivity index (χ0n) is 9.48. The SMILES string of the molecule is Cc1nc2cccc3n2c1CN3CCCN. The predicted octanol–water partition coefficient (Wildman–Crippen LogP) is 1.31. The van der Waals surface area contributed by atoms with Crippen LogP contribution in [0.3, 0.4) is 0 Å². The predicted molar refractivity (Wildman–Crippen MR) is 64.7 cm³/mol. The Kier molecular flexibility index (Phi) is 2.11. The van der Waals surface area contributed by atoms with Crippen molar-refractivity contribution in [3.8, 4) is 0 Å². The van der Waals surface area contributed by atoms with Crippen LogP contribution in [0.2, 0.25) is 0 Å². The number of hydrogen-bond acceptors (Lipinski definition) is 3. The van der Waals surface area contributed by atoms with E-state index in [-0.39, 0.29) is 0 Å². The van der Waals surface area contributed by atoms with Gasteiger partial charge < -0.3 is 10.6 Å². The maximum absolute atomic E-state index is 5.57. The zero-order chi connectivity index (χ0) is 11.1. The fourth-order valence-corrected chi connectivity index (χ4v) is 2.42. The van der Waals surface area contributed by atoms with Crippen LogP contribution in [-0.4, -0.2) is 22.5 Å². The lowest BCUT2D eigenvalue weighted by Gasteiger charge is -2.18. The van der Waals surface area contributed by atoms with Crippen molar-refractivity contribution in [3.63, 3.8) is 0 Å². The molecule has 2 aromatic rings. The molecule has 4 heteroatoms. The summed E-state index contributed by atoms with van der Waals surface area (Å²) in [6.45, 7) is 4.82. The third-order valence-corrected chi connectivity index (χ3v) is 3.22. The van der Waals surface area contributed by atoms with Gasteiger partial charge in [0.1, 0.15) is 11.5 Å². The Hall–Kier alpha value is -1.55. The van der Waals surface area contributed by atoms with Gasteiger partial charge in [-0.1, -0.05) is 6.07 Å². The summed E-state index contributed by atoms with van der Waals surface area (Å²) in [5.41, 5.74) is 9.09. The largest absolute Gasteiger partial charge is 0.352 e. The highest BCUT2D eigenvalue weighted by Gasteiger charge is 2.23. The minimum atomic E-state index is 0.749.